The summed E-state index contributed by atoms with van der Waals surface area (Å²) in [7, 11) is -2.33. The van der Waals surface area contributed by atoms with Crippen LogP contribution in [0.5, 0.6) is 17.2 Å². The molecule has 15 nitrogen and oxygen atoms in total. The van der Waals surface area contributed by atoms with E-state index in [1.54, 1.807) is 51.8 Å². The van der Waals surface area contributed by atoms with E-state index in [4.69, 9.17) is 14.2 Å². The quantitative estimate of drug-likeness (QED) is 0.0584. The first-order chi connectivity index (χ1) is 36.1. The van der Waals surface area contributed by atoms with E-state index in [0.29, 0.717) is 31.2 Å². The Morgan fingerprint density at radius 2 is 0.973 bits per heavy atom. The third kappa shape index (κ3) is 14.9. The molecule has 0 radical (unpaired) electrons. The standard InChI is InChI=1S/C20H19FN2O2.C19H20N2O3S.C17H17N3O3S2/c1-3-22-15-11-16(12-15)23-20(24)18-9-6-14(10-19(18)21)13-4-7-17(25-2)8-5-13;1-3-20-16-12-17(13-16)21-25(22,23)19-10-6-15(7-11-19)14-4-8-18(24-2)9-5-14;1-23-16-5-2-12(3-6-16)13-4-7-17(18-10-13)25(21,22)20-15-8-14(9-15)19-11-24/h4-10,15-16H,1,11-12H2,2H3,(H,23,24);4-11,16-17,21H,1,12-13H2,2H3;2-7,10,14-15,20H,8-9H2,1H3. The van der Waals surface area contributed by atoms with Crippen LogP contribution in [0.1, 0.15) is 48.9 Å². The average molecular weight is 1070 g/mol. The molecule has 3 aliphatic carbocycles. The van der Waals surface area contributed by atoms with Gasteiger partial charge in [-0.3, -0.25) is 4.79 Å². The van der Waals surface area contributed by atoms with Crippen molar-refractivity contribution in [3.8, 4) is 50.6 Å². The molecule has 5 aromatic carbocycles. The summed E-state index contributed by atoms with van der Waals surface area (Å²) in [5.41, 5.74) is 5.34. The van der Waals surface area contributed by atoms with Crippen molar-refractivity contribution in [1.82, 2.24) is 19.7 Å². The van der Waals surface area contributed by atoms with Crippen LogP contribution in [0.15, 0.2) is 172 Å². The predicted octanol–water partition coefficient (Wildman–Crippen LogP) is 9.31. The van der Waals surface area contributed by atoms with E-state index < -0.39 is 31.8 Å². The zero-order valence-corrected chi connectivity index (χ0v) is 43.9. The summed E-state index contributed by atoms with van der Waals surface area (Å²) < 4.78 is 84.8. The van der Waals surface area contributed by atoms with Crippen LogP contribution in [0.4, 0.5) is 4.39 Å². The Hall–Kier alpha value is -7.43. The maximum Gasteiger partial charge on any atom is 0.258 e. The number of thiocarbonyl (C=S) groups is 1. The fourth-order valence-corrected chi connectivity index (χ4v) is 10.9. The molecule has 388 valence electrons. The van der Waals surface area contributed by atoms with Gasteiger partial charge in [0.25, 0.3) is 15.9 Å². The topological polar surface area (TPSA) is 199 Å². The molecule has 3 N–H and O–H groups in total. The van der Waals surface area contributed by atoms with Gasteiger partial charge in [-0.05, 0) is 176 Å². The van der Waals surface area contributed by atoms with Crippen molar-refractivity contribution in [3.63, 3.8) is 0 Å². The molecule has 0 bridgehead atoms. The lowest BCUT2D eigenvalue weighted by Gasteiger charge is -2.32. The van der Waals surface area contributed by atoms with Crippen LogP contribution in [0.2, 0.25) is 0 Å². The molecule has 1 heterocycles. The van der Waals surface area contributed by atoms with Gasteiger partial charge in [-0.15, -0.1) is 0 Å². The van der Waals surface area contributed by atoms with Gasteiger partial charge in [0.1, 0.15) is 23.1 Å². The van der Waals surface area contributed by atoms with Crippen LogP contribution in [0.25, 0.3) is 33.4 Å². The van der Waals surface area contributed by atoms with E-state index in [0.717, 1.165) is 57.9 Å². The molecule has 3 fully saturated rings. The molecule has 0 atom stereocenters. The monoisotopic (exact) mass is 1070 g/mol. The number of ether oxygens (including phenoxy) is 3. The summed E-state index contributed by atoms with van der Waals surface area (Å²) in [5.74, 6) is 6.36. The van der Waals surface area contributed by atoms with Gasteiger partial charge in [0.15, 0.2) is 5.03 Å². The molecule has 19 heteroatoms. The number of pyridine rings is 1. The molecular formula is C56H56FN7O8S3. The number of hydrogen-bond acceptors (Lipinski definition) is 13. The predicted molar refractivity (Wildman–Crippen MR) is 293 cm³/mol. The zero-order valence-electron chi connectivity index (χ0n) is 41.5. The summed E-state index contributed by atoms with van der Waals surface area (Å²) in [6.45, 7) is 6.87. The Labute approximate surface area is 442 Å². The number of carbonyl (C=O) groups is 1. The Kier molecular flexibility index (Phi) is 18.9. The van der Waals surface area contributed by atoms with Crippen LogP contribution in [0.3, 0.4) is 0 Å². The number of rotatable bonds is 17. The molecule has 0 unspecified atom stereocenters. The van der Waals surface area contributed by atoms with E-state index in [1.165, 1.54) is 18.2 Å². The highest BCUT2D eigenvalue weighted by Gasteiger charge is 2.34. The number of isothiocyanates is 1. The number of sulfonamides is 2. The highest BCUT2D eigenvalue weighted by atomic mass is 32.2. The summed E-state index contributed by atoms with van der Waals surface area (Å²) in [5, 5.41) is 5.16. The van der Waals surface area contributed by atoms with E-state index in [2.05, 4.69) is 77.0 Å². The normalized spacial score (nSPS) is 19.3. The van der Waals surface area contributed by atoms with Crippen molar-refractivity contribution in [1.29, 1.82) is 0 Å². The fourth-order valence-electron chi connectivity index (χ4n) is 8.32. The first kappa shape index (κ1) is 55.3. The van der Waals surface area contributed by atoms with Crippen molar-refractivity contribution in [2.45, 2.75) is 84.7 Å². The smallest absolute Gasteiger partial charge is 0.258 e. The zero-order chi connectivity index (χ0) is 53.5. The van der Waals surface area contributed by atoms with Gasteiger partial charge in [0.2, 0.25) is 10.0 Å². The molecule has 9 rings (SSSR count). The van der Waals surface area contributed by atoms with Crippen LogP contribution < -0.4 is 29.0 Å². The van der Waals surface area contributed by atoms with Gasteiger partial charge in [-0.25, -0.2) is 50.6 Å². The van der Waals surface area contributed by atoms with Gasteiger partial charge in [0, 0.05) is 29.9 Å². The number of methoxy groups -OCH3 is 3. The van der Waals surface area contributed by atoms with Crippen LogP contribution in [-0.4, -0.2) is 102 Å². The summed E-state index contributed by atoms with van der Waals surface area (Å²) in [4.78, 5) is 28.6. The van der Waals surface area contributed by atoms with E-state index in [1.807, 2.05) is 84.9 Å². The number of carbonyl (C=O) groups excluding carboxylic acids is 1. The van der Waals surface area contributed by atoms with E-state index >= 15 is 0 Å². The third-order valence-electron chi connectivity index (χ3n) is 12.8. The first-order valence-corrected chi connectivity index (χ1v) is 27.2. The minimum atomic E-state index is -3.64. The highest BCUT2D eigenvalue weighted by Crippen LogP contribution is 2.30. The number of nitrogens with zero attached hydrogens (tertiary/aromatic N) is 4. The lowest BCUT2D eigenvalue weighted by Crippen LogP contribution is -2.46. The molecule has 3 saturated carbocycles. The number of aliphatic imine (C=N–C) groups is 3. The molecule has 6 aromatic rings. The summed E-state index contributed by atoms with van der Waals surface area (Å²) in [6.07, 6.45) is 5.66. The van der Waals surface area contributed by atoms with Crippen molar-refractivity contribution in [3.05, 3.63) is 158 Å². The van der Waals surface area contributed by atoms with Gasteiger partial charge in [-0.1, -0.05) is 54.6 Å². The van der Waals surface area contributed by atoms with Gasteiger partial charge < -0.3 is 19.5 Å². The number of nitrogens with one attached hydrogen (secondary N) is 3. The molecular weight excluding hydrogens is 1010 g/mol. The molecule has 0 saturated heterocycles. The lowest BCUT2D eigenvalue weighted by atomic mass is 9.87. The first-order valence-electron chi connectivity index (χ1n) is 23.8. The van der Waals surface area contributed by atoms with Crippen LogP contribution in [-0.2, 0) is 20.0 Å². The number of benzene rings is 5. The largest absolute Gasteiger partial charge is 0.497 e. The second kappa shape index (κ2) is 25.7. The average Bonchev–Trinajstić information content (AvgIpc) is 3.39. The number of halogens is 1. The Morgan fingerprint density at radius 3 is 1.40 bits per heavy atom. The molecule has 3 aliphatic rings. The van der Waals surface area contributed by atoms with E-state index in [9.17, 15) is 26.0 Å². The SMILES string of the molecule is C=C=NC1CC(NC(=O)c2ccc(-c3ccc(OC)cc3)cc2F)C1.C=C=NC1CC(NS(=O)(=O)c2ccc(-c3ccc(OC)cc3)cc2)C1.COc1ccc(-c2ccc(S(=O)(=O)NC3CC(N=C=S)C3)nc2)cc1. The van der Waals surface area contributed by atoms with E-state index in [-0.39, 0.29) is 51.7 Å². The number of amides is 1. The number of hydrogen-bond donors (Lipinski definition) is 3. The van der Waals surface area contributed by atoms with Gasteiger partial charge in [0.05, 0.1) is 55.1 Å². The number of aromatic nitrogens is 1. The molecule has 1 amide bonds. The second-order valence-corrected chi connectivity index (χ2v) is 21.3. The molecule has 0 spiro atoms. The summed E-state index contributed by atoms with van der Waals surface area (Å²) >= 11 is 4.55. The van der Waals surface area contributed by atoms with Gasteiger partial charge in [-0.2, -0.15) is 0 Å². The summed E-state index contributed by atoms with van der Waals surface area (Å²) in [6, 6.07) is 37.3. The Bertz CT molecular complexity index is 3140. The second-order valence-electron chi connectivity index (χ2n) is 17.8. The molecule has 75 heavy (non-hydrogen) atoms. The minimum absolute atomic E-state index is 0.00606. The maximum absolute atomic E-state index is 14.4. The highest BCUT2D eigenvalue weighted by molar-refractivity contribution is 7.89. The van der Waals surface area contributed by atoms with Crippen molar-refractivity contribution in [2.24, 2.45) is 15.0 Å². The van der Waals surface area contributed by atoms with Gasteiger partial charge >= 0.3 is 0 Å². The molecule has 0 aliphatic heterocycles. The fraction of sp³-hybridized carbons (Fsp3) is 0.268. The maximum atomic E-state index is 14.4. The molecule has 1 aromatic heterocycles. The lowest BCUT2D eigenvalue weighted by molar-refractivity contribution is 0.0906. The van der Waals surface area contributed by atoms with Crippen LogP contribution >= 0.6 is 12.2 Å². The van der Waals surface area contributed by atoms with Crippen molar-refractivity contribution >= 4 is 55.1 Å². The van der Waals surface area contributed by atoms with Crippen molar-refractivity contribution < 1.29 is 40.2 Å². The van der Waals surface area contributed by atoms with Crippen LogP contribution in [0, 0.1) is 5.82 Å². The Morgan fingerprint density at radius 1 is 0.573 bits per heavy atom. The van der Waals surface area contributed by atoms with Crippen molar-refractivity contribution in [2.75, 3.05) is 21.3 Å². The minimum Gasteiger partial charge on any atom is -0.497 e. The third-order valence-corrected chi connectivity index (χ3v) is 15.8. The Balaban J connectivity index is 0.000000164.